The maximum Gasteiger partial charge on any atom is 0.270 e. The highest BCUT2D eigenvalue weighted by Gasteiger charge is 2.61. The minimum absolute atomic E-state index is 0.596. The molecule has 0 aromatic rings. The minimum Gasteiger partial charge on any atom is -0.0594 e. The predicted molar refractivity (Wildman–Crippen MR) is 97.7 cm³/mol. The van der Waals surface area contributed by atoms with E-state index in [-0.39, 0.29) is 0 Å². The summed E-state index contributed by atoms with van der Waals surface area (Å²) < 4.78 is 3.26. The van der Waals surface area contributed by atoms with Crippen LogP contribution < -0.4 is 21.2 Å². The number of halogens is 1. The van der Waals surface area contributed by atoms with E-state index in [9.17, 15) is 0 Å². The summed E-state index contributed by atoms with van der Waals surface area (Å²) in [4.78, 5) is 0. The first kappa shape index (κ1) is 16.9. The Kier molecular flexibility index (Phi) is 3.95. The van der Waals surface area contributed by atoms with Crippen LogP contribution in [0.15, 0.2) is 0 Å². The summed E-state index contributed by atoms with van der Waals surface area (Å²) in [6.07, 6.45) is 15.8. The summed E-state index contributed by atoms with van der Waals surface area (Å²) in [5.41, 5.74) is 2.20. The van der Waals surface area contributed by atoms with E-state index in [1.165, 1.54) is 6.42 Å². The van der Waals surface area contributed by atoms with Crippen LogP contribution in [0, 0.1) is 45.8 Å². The lowest BCUT2D eigenvalue weighted by atomic mass is 9.47. The molecule has 0 unspecified atom stereocenters. The summed E-state index contributed by atoms with van der Waals surface area (Å²) in [7, 11) is 0. The fourth-order valence-corrected chi connectivity index (χ4v) is 12.3. The van der Waals surface area contributed by atoms with Crippen molar-refractivity contribution in [2.45, 2.75) is 85.0 Å². The standard InChI is InChI=1S/C23H38I/c1-21-10-4-5-20(21)19-7-6-16-13-22(2,23(3)14-24-15-23)12-9-17(16)18(19)8-11-21/h16-20H,4-15H2,1-3H3/q+1/t16-,17+,18-,19-,20+,21+,22-/m1/s1. The average Bonchev–Trinajstić information content (AvgIpc) is 2.93. The van der Waals surface area contributed by atoms with E-state index < -0.39 is 0 Å². The highest BCUT2D eigenvalue weighted by atomic mass is 127. The molecule has 0 spiro atoms. The average molecular weight is 441 g/mol. The molecule has 0 nitrogen and oxygen atoms in total. The molecule has 1 heteroatoms. The van der Waals surface area contributed by atoms with Gasteiger partial charge in [0, 0.05) is 0 Å². The van der Waals surface area contributed by atoms with Gasteiger partial charge in [-0.25, -0.2) is 0 Å². The van der Waals surface area contributed by atoms with Gasteiger partial charge in [-0.2, -0.15) is 0 Å². The first-order chi connectivity index (χ1) is 11.4. The number of fused-ring (bicyclic) bond motifs is 5. The van der Waals surface area contributed by atoms with Crippen molar-refractivity contribution in [3.8, 4) is 0 Å². The lowest BCUT2D eigenvalue weighted by Crippen LogP contribution is -3.70. The molecule has 0 radical (unpaired) electrons. The molecule has 5 rings (SSSR count). The van der Waals surface area contributed by atoms with Gasteiger partial charge >= 0.3 is 0 Å². The van der Waals surface area contributed by atoms with Crippen molar-refractivity contribution in [1.82, 2.24) is 0 Å². The van der Waals surface area contributed by atoms with Crippen LogP contribution in [0.1, 0.15) is 85.0 Å². The van der Waals surface area contributed by atoms with E-state index in [2.05, 4.69) is 20.8 Å². The van der Waals surface area contributed by atoms with E-state index in [1.807, 2.05) is 0 Å². The van der Waals surface area contributed by atoms with Crippen molar-refractivity contribution in [1.29, 1.82) is 0 Å². The van der Waals surface area contributed by atoms with Crippen molar-refractivity contribution >= 4 is 0 Å². The molecule has 4 saturated carbocycles. The van der Waals surface area contributed by atoms with Crippen molar-refractivity contribution < 1.29 is 21.2 Å². The topological polar surface area (TPSA) is 0 Å². The third-order valence-corrected chi connectivity index (χ3v) is 14.7. The molecule has 1 aliphatic heterocycles. The van der Waals surface area contributed by atoms with Gasteiger partial charge in [-0.1, -0.05) is 27.2 Å². The predicted octanol–water partition coefficient (Wildman–Crippen LogP) is 3.14. The number of alkyl halides is 2. The maximum absolute atomic E-state index is 2.70. The van der Waals surface area contributed by atoms with Gasteiger partial charge in [0.1, 0.15) is 0 Å². The molecule has 0 bridgehead atoms. The van der Waals surface area contributed by atoms with Crippen LogP contribution in [0.25, 0.3) is 0 Å². The summed E-state index contributed by atoms with van der Waals surface area (Å²) in [6, 6.07) is 0. The van der Waals surface area contributed by atoms with Gasteiger partial charge in [-0.3, -0.25) is 0 Å². The quantitative estimate of drug-likeness (QED) is 0.433. The van der Waals surface area contributed by atoms with Crippen LogP contribution in [0.3, 0.4) is 0 Å². The third-order valence-electron chi connectivity index (χ3n) is 10.3. The lowest BCUT2D eigenvalue weighted by molar-refractivity contribution is -0.748. The summed E-state index contributed by atoms with van der Waals surface area (Å²) in [5, 5.41) is 0. The van der Waals surface area contributed by atoms with Crippen molar-refractivity contribution in [2.75, 3.05) is 8.86 Å². The van der Waals surface area contributed by atoms with E-state index in [0.29, 0.717) is 26.6 Å². The van der Waals surface area contributed by atoms with Crippen molar-refractivity contribution in [3.05, 3.63) is 0 Å². The van der Waals surface area contributed by atoms with Crippen LogP contribution in [0.5, 0.6) is 0 Å². The lowest BCUT2D eigenvalue weighted by Gasteiger charge is -2.59. The zero-order valence-electron chi connectivity index (χ0n) is 16.2. The fourth-order valence-electron chi connectivity index (χ4n) is 8.34. The normalized spacial score (nSPS) is 55.9. The molecule has 136 valence electrons. The largest absolute Gasteiger partial charge is 0.270 e. The van der Waals surface area contributed by atoms with Crippen LogP contribution in [0.2, 0.25) is 0 Å². The Bertz CT molecular complexity index is 508. The minimum atomic E-state index is 0.596. The Morgan fingerprint density at radius 3 is 2.25 bits per heavy atom. The molecule has 5 fully saturated rings. The van der Waals surface area contributed by atoms with Crippen LogP contribution >= 0.6 is 0 Å². The van der Waals surface area contributed by atoms with Crippen LogP contribution in [-0.4, -0.2) is 8.86 Å². The molecule has 1 heterocycles. The smallest absolute Gasteiger partial charge is 0.0594 e. The first-order valence-corrected chi connectivity index (χ1v) is 14.0. The van der Waals surface area contributed by atoms with E-state index >= 15 is 0 Å². The maximum atomic E-state index is 2.70. The first-order valence-electron chi connectivity index (χ1n) is 11.0. The monoisotopic (exact) mass is 441 g/mol. The molecule has 4 aliphatic carbocycles. The van der Waals surface area contributed by atoms with Crippen LogP contribution in [0.4, 0.5) is 0 Å². The molecule has 0 aromatic heterocycles. The highest BCUT2D eigenvalue weighted by molar-refractivity contribution is 5.06. The van der Waals surface area contributed by atoms with E-state index in [4.69, 9.17) is 0 Å². The second-order valence-electron chi connectivity index (χ2n) is 11.3. The van der Waals surface area contributed by atoms with Gasteiger partial charge in [0.2, 0.25) is 0 Å². The number of hydrogen-bond acceptors (Lipinski definition) is 0. The molecule has 0 amide bonds. The Morgan fingerprint density at radius 2 is 1.50 bits per heavy atom. The number of rotatable bonds is 1. The molecule has 0 N–H and O–H groups in total. The van der Waals surface area contributed by atoms with Crippen molar-refractivity contribution in [2.24, 2.45) is 45.8 Å². The van der Waals surface area contributed by atoms with Gasteiger partial charge in [0.15, 0.2) is 8.86 Å². The van der Waals surface area contributed by atoms with Gasteiger partial charge in [-0.05, 0) is 98.2 Å². The molecule has 0 aromatic carbocycles. The second-order valence-corrected chi connectivity index (χ2v) is 13.9. The van der Waals surface area contributed by atoms with E-state index in [1.54, 1.807) is 66.6 Å². The van der Waals surface area contributed by atoms with Crippen molar-refractivity contribution in [3.63, 3.8) is 0 Å². The van der Waals surface area contributed by atoms with Gasteiger partial charge in [-0.15, -0.1) is 0 Å². The fraction of sp³-hybridized carbons (Fsp3) is 1.00. The summed E-state index contributed by atoms with van der Waals surface area (Å²) in [5.74, 6) is 5.60. The Morgan fingerprint density at radius 1 is 0.708 bits per heavy atom. The molecular weight excluding hydrogens is 403 g/mol. The molecular formula is C23H38I+. The van der Waals surface area contributed by atoms with Crippen LogP contribution in [-0.2, 0) is 0 Å². The Hall–Kier alpha value is 0.730. The zero-order chi connectivity index (χ0) is 16.6. The molecule has 1 saturated heterocycles. The zero-order valence-corrected chi connectivity index (χ0v) is 18.4. The molecule has 7 atom stereocenters. The molecule has 5 aliphatic rings. The Labute approximate surface area is 160 Å². The highest BCUT2D eigenvalue weighted by Crippen LogP contribution is 2.64. The SMILES string of the molecule is CC1([C@]2(C)CC[C@H]3[C@H](CC[C@@H]4[C@@H]3CC[C@]3(C)CCC[C@@H]43)C2)C[I+]C1. The van der Waals surface area contributed by atoms with E-state index in [0.717, 1.165) is 40.4 Å². The second kappa shape index (κ2) is 5.61. The number of hydrogen-bond donors (Lipinski definition) is 0. The summed E-state index contributed by atoms with van der Waals surface area (Å²) >= 11 is 0.596. The van der Waals surface area contributed by atoms with Gasteiger partial charge < -0.3 is 0 Å². The third kappa shape index (κ3) is 2.27. The Balaban J connectivity index is 1.35. The molecule has 24 heavy (non-hydrogen) atoms. The van der Waals surface area contributed by atoms with Gasteiger partial charge in [0.25, 0.3) is 21.2 Å². The van der Waals surface area contributed by atoms with Gasteiger partial charge in [0.05, 0.1) is 5.41 Å². The summed E-state index contributed by atoms with van der Waals surface area (Å²) in [6.45, 7) is 8.02.